The summed E-state index contributed by atoms with van der Waals surface area (Å²) in [5.41, 5.74) is 0.480. The monoisotopic (exact) mass is 349 g/mol. The Labute approximate surface area is 141 Å². The maximum atomic E-state index is 12.2. The van der Waals surface area contributed by atoms with E-state index < -0.39 is 15.7 Å². The van der Waals surface area contributed by atoms with Crippen LogP contribution in [-0.4, -0.2) is 34.3 Å². The minimum Gasteiger partial charge on any atom is -0.497 e. The van der Waals surface area contributed by atoms with Gasteiger partial charge >= 0.3 is 0 Å². The molecule has 0 bridgehead atoms. The van der Waals surface area contributed by atoms with Gasteiger partial charge in [0.25, 0.3) is 0 Å². The summed E-state index contributed by atoms with van der Waals surface area (Å²) in [6.45, 7) is 0. The molecule has 2 aromatic rings. The topological polar surface area (TPSA) is 81.7 Å². The molecule has 0 aliphatic carbocycles. The third kappa shape index (κ3) is 4.73. The van der Waals surface area contributed by atoms with E-state index in [1.54, 1.807) is 36.4 Å². The van der Waals surface area contributed by atoms with Crippen LogP contribution in [0.5, 0.6) is 11.5 Å². The van der Waals surface area contributed by atoms with Crippen molar-refractivity contribution in [2.24, 2.45) is 0 Å². The standard InChI is InChI=1S/C17H19NO5S/c1-22-14-10-13(11-15(12-14)23-2)18-17(19)8-9-24(20,21)16-6-4-3-5-7-16/h3-7,10-12H,8-9H2,1-2H3,(H,18,19). The van der Waals surface area contributed by atoms with Gasteiger partial charge in [-0.05, 0) is 12.1 Å². The van der Waals surface area contributed by atoms with Crippen molar-refractivity contribution in [2.75, 3.05) is 25.3 Å². The van der Waals surface area contributed by atoms with Crippen LogP contribution in [0.2, 0.25) is 0 Å². The van der Waals surface area contributed by atoms with Gasteiger partial charge in [0.1, 0.15) is 11.5 Å². The minimum absolute atomic E-state index is 0.142. The summed E-state index contributed by atoms with van der Waals surface area (Å²) in [6.07, 6.45) is -0.142. The predicted octanol–water partition coefficient (Wildman–Crippen LogP) is 2.51. The van der Waals surface area contributed by atoms with Gasteiger partial charge in [0.2, 0.25) is 5.91 Å². The number of carbonyl (C=O) groups is 1. The Balaban J connectivity index is 2.01. The second-order valence-electron chi connectivity index (χ2n) is 5.03. The largest absolute Gasteiger partial charge is 0.497 e. The summed E-state index contributed by atoms with van der Waals surface area (Å²) in [5.74, 6) is 0.400. The summed E-state index contributed by atoms with van der Waals surface area (Å²) >= 11 is 0. The van der Waals surface area contributed by atoms with E-state index in [0.717, 1.165) is 0 Å². The molecule has 0 aromatic heterocycles. The van der Waals surface area contributed by atoms with Crippen LogP contribution in [0.3, 0.4) is 0 Å². The van der Waals surface area contributed by atoms with Crippen molar-refractivity contribution in [3.8, 4) is 11.5 Å². The number of sulfone groups is 1. The average molecular weight is 349 g/mol. The Morgan fingerprint density at radius 2 is 1.58 bits per heavy atom. The molecule has 0 saturated heterocycles. The number of rotatable bonds is 7. The number of nitrogens with one attached hydrogen (secondary N) is 1. The zero-order valence-corrected chi connectivity index (χ0v) is 14.3. The van der Waals surface area contributed by atoms with Crippen molar-refractivity contribution in [1.82, 2.24) is 0 Å². The lowest BCUT2D eigenvalue weighted by atomic mass is 10.2. The van der Waals surface area contributed by atoms with E-state index in [0.29, 0.717) is 17.2 Å². The van der Waals surface area contributed by atoms with Crippen LogP contribution in [0.15, 0.2) is 53.4 Å². The molecule has 0 fully saturated rings. The summed E-state index contributed by atoms with van der Waals surface area (Å²) in [7, 11) is -0.470. The smallest absolute Gasteiger partial charge is 0.225 e. The third-order valence-electron chi connectivity index (χ3n) is 3.34. The molecule has 128 valence electrons. The number of benzene rings is 2. The van der Waals surface area contributed by atoms with E-state index in [2.05, 4.69) is 5.32 Å². The highest BCUT2D eigenvalue weighted by Crippen LogP contribution is 2.25. The minimum atomic E-state index is -3.48. The quantitative estimate of drug-likeness (QED) is 0.830. The first kappa shape index (κ1) is 17.8. The summed E-state index contributed by atoms with van der Waals surface area (Å²) < 4.78 is 34.6. The number of ether oxygens (including phenoxy) is 2. The Bertz CT molecular complexity index is 781. The van der Waals surface area contributed by atoms with Gasteiger partial charge in [-0.15, -0.1) is 0 Å². The van der Waals surface area contributed by atoms with Crippen LogP contribution in [0.25, 0.3) is 0 Å². The van der Waals surface area contributed by atoms with E-state index in [-0.39, 0.29) is 17.1 Å². The maximum absolute atomic E-state index is 12.2. The fourth-order valence-corrected chi connectivity index (χ4v) is 3.34. The molecule has 1 amide bonds. The molecule has 1 N–H and O–H groups in total. The first-order valence-electron chi connectivity index (χ1n) is 7.25. The van der Waals surface area contributed by atoms with Crippen LogP contribution in [0.4, 0.5) is 5.69 Å². The lowest BCUT2D eigenvalue weighted by Gasteiger charge is -2.10. The van der Waals surface area contributed by atoms with Crippen LogP contribution in [-0.2, 0) is 14.6 Å². The van der Waals surface area contributed by atoms with Crippen molar-refractivity contribution in [2.45, 2.75) is 11.3 Å². The van der Waals surface area contributed by atoms with Crippen molar-refractivity contribution >= 4 is 21.4 Å². The highest BCUT2D eigenvalue weighted by molar-refractivity contribution is 7.91. The van der Waals surface area contributed by atoms with Gasteiger partial charge in [-0.3, -0.25) is 4.79 Å². The summed E-state index contributed by atoms with van der Waals surface area (Å²) in [6, 6.07) is 13.0. The zero-order chi connectivity index (χ0) is 17.6. The lowest BCUT2D eigenvalue weighted by molar-refractivity contribution is -0.115. The van der Waals surface area contributed by atoms with Crippen LogP contribution >= 0.6 is 0 Å². The molecule has 0 heterocycles. The predicted molar refractivity (Wildman–Crippen MR) is 91.3 cm³/mol. The number of methoxy groups -OCH3 is 2. The van der Waals surface area contributed by atoms with Crippen LogP contribution < -0.4 is 14.8 Å². The second-order valence-corrected chi connectivity index (χ2v) is 7.14. The number of anilines is 1. The first-order valence-corrected chi connectivity index (χ1v) is 8.90. The molecule has 0 saturated carbocycles. The van der Waals surface area contributed by atoms with Crippen LogP contribution in [0, 0.1) is 0 Å². The van der Waals surface area contributed by atoms with Crippen molar-refractivity contribution in [3.63, 3.8) is 0 Å². The third-order valence-corrected chi connectivity index (χ3v) is 5.07. The molecule has 0 spiro atoms. The Hall–Kier alpha value is -2.54. The Morgan fingerprint density at radius 3 is 2.12 bits per heavy atom. The number of hydrogen-bond donors (Lipinski definition) is 1. The first-order chi connectivity index (χ1) is 11.4. The summed E-state index contributed by atoms with van der Waals surface area (Å²) in [4.78, 5) is 12.2. The molecule has 2 aromatic carbocycles. The number of hydrogen-bond acceptors (Lipinski definition) is 5. The van der Waals surface area contributed by atoms with Gasteiger partial charge in [-0.1, -0.05) is 18.2 Å². The zero-order valence-electron chi connectivity index (χ0n) is 13.5. The fourth-order valence-electron chi connectivity index (χ4n) is 2.08. The van der Waals surface area contributed by atoms with Gasteiger partial charge < -0.3 is 14.8 Å². The molecular weight excluding hydrogens is 330 g/mol. The van der Waals surface area contributed by atoms with E-state index in [9.17, 15) is 13.2 Å². The fraction of sp³-hybridized carbons (Fsp3) is 0.235. The normalized spacial score (nSPS) is 10.9. The van der Waals surface area contributed by atoms with Gasteiger partial charge in [0.15, 0.2) is 9.84 Å². The lowest BCUT2D eigenvalue weighted by Crippen LogP contribution is -2.17. The van der Waals surface area contributed by atoms with Crippen molar-refractivity contribution < 1.29 is 22.7 Å². The highest BCUT2D eigenvalue weighted by atomic mass is 32.2. The van der Waals surface area contributed by atoms with Gasteiger partial charge in [0, 0.05) is 30.3 Å². The molecule has 0 unspecified atom stereocenters. The molecular formula is C17H19NO5S. The SMILES string of the molecule is COc1cc(NC(=O)CCS(=O)(=O)c2ccccc2)cc(OC)c1. The number of carbonyl (C=O) groups excluding carboxylic acids is 1. The number of amides is 1. The highest BCUT2D eigenvalue weighted by Gasteiger charge is 2.16. The van der Waals surface area contributed by atoms with E-state index >= 15 is 0 Å². The van der Waals surface area contributed by atoms with E-state index in [1.807, 2.05) is 0 Å². The Kier molecular flexibility index (Phi) is 5.81. The van der Waals surface area contributed by atoms with Crippen LogP contribution in [0.1, 0.15) is 6.42 Å². The van der Waals surface area contributed by atoms with Crippen molar-refractivity contribution in [1.29, 1.82) is 0 Å². The molecule has 7 heteroatoms. The van der Waals surface area contributed by atoms with Gasteiger partial charge in [-0.2, -0.15) is 0 Å². The molecule has 2 rings (SSSR count). The molecule has 0 aliphatic rings. The molecule has 0 radical (unpaired) electrons. The summed E-state index contributed by atoms with van der Waals surface area (Å²) in [5, 5.41) is 2.65. The second kappa shape index (κ2) is 7.83. The Morgan fingerprint density at radius 1 is 1.00 bits per heavy atom. The average Bonchev–Trinajstić information content (AvgIpc) is 2.60. The van der Waals surface area contributed by atoms with E-state index in [4.69, 9.17) is 9.47 Å². The van der Waals surface area contributed by atoms with E-state index in [1.165, 1.54) is 26.4 Å². The molecule has 6 nitrogen and oxygen atoms in total. The molecule has 0 aliphatic heterocycles. The molecule has 24 heavy (non-hydrogen) atoms. The molecule has 0 atom stereocenters. The van der Waals surface area contributed by atoms with Crippen molar-refractivity contribution in [3.05, 3.63) is 48.5 Å². The van der Waals surface area contributed by atoms with Gasteiger partial charge in [-0.25, -0.2) is 8.42 Å². The van der Waals surface area contributed by atoms with Gasteiger partial charge in [0.05, 0.1) is 24.9 Å². The maximum Gasteiger partial charge on any atom is 0.225 e.